The maximum atomic E-state index is 11.9. The predicted octanol–water partition coefficient (Wildman–Crippen LogP) is 2.39. The Morgan fingerprint density at radius 3 is 2.67 bits per heavy atom. The summed E-state index contributed by atoms with van der Waals surface area (Å²) in [6.07, 6.45) is 0. The molecule has 0 spiro atoms. The van der Waals surface area contributed by atoms with E-state index in [1.807, 2.05) is 31.2 Å². The summed E-state index contributed by atoms with van der Waals surface area (Å²) in [6.45, 7) is 2.33. The standard InChI is InChI=1S/C13H14N2O2S/c1-9-12(18-8-15-9)13(16)14-7-10-3-5-11(17-2)6-4-10/h3-6,8H,7H2,1-2H3,(H,14,16). The third kappa shape index (κ3) is 2.87. The number of thiazole rings is 1. The van der Waals surface area contributed by atoms with E-state index in [4.69, 9.17) is 4.74 Å². The zero-order valence-corrected chi connectivity index (χ0v) is 11.1. The number of carbonyl (C=O) groups excluding carboxylic acids is 1. The molecule has 0 bridgehead atoms. The molecule has 0 radical (unpaired) electrons. The maximum Gasteiger partial charge on any atom is 0.263 e. The summed E-state index contributed by atoms with van der Waals surface area (Å²) in [7, 11) is 1.63. The number of benzene rings is 1. The average Bonchev–Trinajstić information content (AvgIpc) is 2.83. The maximum absolute atomic E-state index is 11.9. The molecule has 0 saturated carbocycles. The second kappa shape index (κ2) is 5.64. The zero-order chi connectivity index (χ0) is 13.0. The average molecular weight is 262 g/mol. The number of nitrogens with one attached hydrogen (secondary N) is 1. The fourth-order valence-electron chi connectivity index (χ4n) is 1.53. The molecule has 4 nitrogen and oxygen atoms in total. The first-order chi connectivity index (χ1) is 8.70. The Labute approximate surface area is 110 Å². The normalized spacial score (nSPS) is 10.1. The van der Waals surface area contributed by atoms with Gasteiger partial charge in [-0.15, -0.1) is 11.3 Å². The van der Waals surface area contributed by atoms with Gasteiger partial charge in [-0.2, -0.15) is 0 Å². The third-order valence-electron chi connectivity index (χ3n) is 2.56. The number of amides is 1. The topological polar surface area (TPSA) is 51.2 Å². The molecule has 1 N–H and O–H groups in total. The highest BCUT2D eigenvalue weighted by Crippen LogP contribution is 2.13. The minimum absolute atomic E-state index is 0.0779. The molecule has 0 saturated heterocycles. The third-order valence-corrected chi connectivity index (χ3v) is 3.49. The Balaban J connectivity index is 1.95. The minimum atomic E-state index is -0.0779. The van der Waals surface area contributed by atoms with E-state index in [1.54, 1.807) is 12.6 Å². The molecule has 1 amide bonds. The van der Waals surface area contributed by atoms with Crippen molar-refractivity contribution in [2.75, 3.05) is 7.11 Å². The molecule has 0 aliphatic heterocycles. The van der Waals surface area contributed by atoms with Crippen LogP contribution in [0.3, 0.4) is 0 Å². The molecular weight excluding hydrogens is 248 g/mol. The van der Waals surface area contributed by atoms with Crippen molar-refractivity contribution in [3.8, 4) is 5.75 Å². The SMILES string of the molecule is COc1ccc(CNC(=O)c2scnc2C)cc1. The van der Waals surface area contributed by atoms with Crippen LogP contribution in [0.25, 0.3) is 0 Å². The summed E-state index contributed by atoms with van der Waals surface area (Å²) in [6, 6.07) is 7.61. The fourth-order valence-corrected chi connectivity index (χ4v) is 2.24. The van der Waals surface area contributed by atoms with Crippen molar-refractivity contribution in [3.63, 3.8) is 0 Å². The lowest BCUT2D eigenvalue weighted by Crippen LogP contribution is -2.22. The molecule has 94 valence electrons. The van der Waals surface area contributed by atoms with Crippen LogP contribution < -0.4 is 10.1 Å². The van der Waals surface area contributed by atoms with Gasteiger partial charge in [0.15, 0.2) is 0 Å². The molecule has 0 unspecified atom stereocenters. The highest BCUT2D eigenvalue weighted by atomic mass is 32.1. The number of nitrogens with zero attached hydrogens (tertiary/aromatic N) is 1. The molecule has 0 fully saturated rings. The van der Waals surface area contributed by atoms with Crippen molar-refractivity contribution in [1.29, 1.82) is 0 Å². The van der Waals surface area contributed by atoms with E-state index in [-0.39, 0.29) is 5.91 Å². The van der Waals surface area contributed by atoms with Gasteiger partial charge in [0.25, 0.3) is 5.91 Å². The number of aromatic nitrogens is 1. The van der Waals surface area contributed by atoms with E-state index in [9.17, 15) is 4.79 Å². The van der Waals surface area contributed by atoms with E-state index < -0.39 is 0 Å². The van der Waals surface area contributed by atoms with Gasteiger partial charge in [-0.25, -0.2) is 4.98 Å². The van der Waals surface area contributed by atoms with Crippen LogP contribution in [0.1, 0.15) is 20.9 Å². The Bertz CT molecular complexity index is 534. The Morgan fingerprint density at radius 1 is 1.39 bits per heavy atom. The lowest BCUT2D eigenvalue weighted by Gasteiger charge is -2.05. The van der Waals surface area contributed by atoms with E-state index in [0.29, 0.717) is 11.4 Å². The van der Waals surface area contributed by atoms with Crippen LogP contribution in [0, 0.1) is 6.92 Å². The number of aryl methyl sites for hydroxylation is 1. The number of carbonyl (C=O) groups is 1. The van der Waals surface area contributed by atoms with Crippen LogP contribution in [0.15, 0.2) is 29.8 Å². The van der Waals surface area contributed by atoms with Gasteiger partial charge in [-0.05, 0) is 24.6 Å². The van der Waals surface area contributed by atoms with Gasteiger partial charge in [0.2, 0.25) is 0 Å². The van der Waals surface area contributed by atoms with Crippen LogP contribution in [-0.2, 0) is 6.54 Å². The van der Waals surface area contributed by atoms with Crippen LogP contribution in [0.5, 0.6) is 5.75 Å². The fraction of sp³-hybridized carbons (Fsp3) is 0.231. The predicted molar refractivity (Wildman–Crippen MR) is 71.0 cm³/mol. The molecule has 5 heteroatoms. The molecule has 1 heterocycles. The summed E-state index contributed by atoms with van der Waals surface area (Å²) in [4.78, 5) is 16.6. The van der Waals surface area contributed by atoms with Crippen LogP contribution in [-0.4, -0.2) is 18.0 Å². The number of hydrogen-bond acceptors (Lipinski definition) is 4. The monoisotopic (exact) mass is 262 g/mol. The highest BCUT2D eigenvalue weighted by Gasteiger charge is 2.10. The van der Waals surface area contributed by atoms with Crippen molar-refractivity contribution in [3.05, 3.63) is 45.9 Å². The van der Waals surface area contributed by atoms with Crippen molar-refractivity contribution in [1.82, 2.24) is 10.3 Å². The van der Waals surface area contributed by atoms with Gasteiger partial charge < -0.3 is 10.1 Å². The molecular formula is C13H14N2O2S. The molecule has 2 aromatic rings. The number of methoxy groups -OCH3 is 1. The minimum Gasteiger partial charge on any atom is -0.497 e. The quantitative estimate of drug-likeness (QED) is 0.920. The Kier molecular flexibility index (Phi) is 3.94. The first-order valence-electron chi connectivity index (χ1n) is 5.52. The van der Waals surface area contributed by atoms with Crippen molar-refractivity contribution in [2.24, 2.45) is 0 Å². The number of rotatable bonds is 4. The van der Waals surface area contributed by atoms with E-state index in [0.717, 1.165) is 17.0 Å². The van der Waals surface area contributed by atoms with E-state index in [2.05, 4.69) is 10.3 Å². The highest BCUT2D eigenvalue weighted by molar-refractivity contribution is 7.11. The summed E-state index contributed by atoms with van der Waals surface area (Å²) in [5, 5.41) is 2.87. The molecule has 0 aliphatic carbocycles. The van der Waals surface area contributed by atoms with Gasteiger partial charge in [-0.3, -0.25) is 4.79 Å². The van der Waals surface area contributed by atoms with Gasteiger partial charge in [-0.1, -0.05) is 12.1 Å². The lowest BCUT2D eigenvalue weighted by molar-refractivity contribution is 0.0954. The van der Waals surface area contributed by atoms with Crippen LogP contribution >= 0.6 is 11.3 Å². The summed E-state index contributed by atoms with van der Waals surface area (Å²) < 4.78 is 5.08. The first kappa shape index (κ1) is 12.6. The molecule has 0 aliphatic rings. The summed E-state index contributed by atoms with van der Waals surface area (Å²) in [5.41, 5.74) is 3.48. The molecule has 0 atom stereocenters. The second-order valence-corrected chi connectivity index (χ2v) is 4.65. The van der Waals surface area contributed by atoms with Crippen LogP contribution in [0.2, 0.25) is 0 Å². The molecule has 2 rings (SSSR count). The second-order valence-electron chi connectivity index (χ2n) is 3.80. The van der Waals surface area contributed by atoms with Crippen molar-refractivity contribution in [2.45, 2.75) is 13.5 Å². The van der Waals surface area contributed by atoms with Gasteiger partial charge in [0.05, 0.1) is 18.3 Å². The summed E-state index contributed by atoms with van der Waals surface area (Å²) >= 11 is 1.36. The van der Waals surface area contributed by atoms with Crippen molar-refractivity contribution < 1.29 is 9.53 Å². The first-order valence-corrected chi connectivity index (χ1v) is 6.40. The Morgan fingerprint density at radius 2 is 2.11 bits per heavy atom. The lowest BCUT2D eigenvalue weighted by atomic mass is 10.2. The number of hydrogen-bond donors (Lipinski definition) is 1. The van der Waals surface area contributed by atoms with E-state index in [1.165, 1.54) is 11.3 Å². The van der Waals surface area contributed by atoms with Gasteiger partial charge in [0, 0.05) is 6.54 Å². The van der Waals surface area contributed by atoms with Crippen molar-refractivity contribution >= 4 is 17.2 Å². The molecule has 18 heavy (non-hydrogen) atoms. The molecule has 1 aromatic carbocycles. The summed E-state index contributed by atoms with van der Waals surface area (Å²) in [5.74, 6) is 0.731. The largest absolute Gasteiger partial charge is 0.497 e. The van der Waals surface area contributed by atoms with Gasteiger partial charge >= 0.3 is 0 Å². The van der Waals surface area contributed by atoms with E-state index >= 15 is 0 Å². The zero-order valence-electron chi connectivity index (χ0n) is 10.3. The van der Waals surface area contributed by atoms with Gasteiger partial charge in [0.1, 0.15) is 10.6 Å². The smallest absolute Gasteiger partial charge is 0.263 e. The molecule has 1 aromatic heterocycles. The Hall–Kier alpha value is -1.88. The van der Waals surface area contributed by atoms with Crippen LogP contribution in [0.4, 0.5) is 0 Å². The number of ether oxygens (including phenoxy) is 1.